The van der Waals surface area contributed by atoms with Gasteiger partial charge in [0.15, 0.2) is 0 Å². The summed E-state index contributed by atoms with van der Waals surface area (Å²) in [6, 6.07) is 3.52. The van der Waals surface area contributed by atoms with Crippen LogP contribution in [0.25, 0.3) is 0 Å². The second kappa shape index (κ2) is 4.27. The molecule has 1 aromatic carbocycles. The summed E-state index contributed by atoms with van der Waals surface area (Å²) in [7, 11) is 0. The zero-order chi connectivity index (χ0) is 9.68. The molecule has 2 nitrogen and oxygen atoms in total. The summed E-state index contributed by atoms with van der Waals surface area (Å²) < 4.78 is 12.6. The number of hydrogen-bond acceptors (Lipinski definition) is 2. The predicted molar refractivity (Wildman–Crippen MR) is 45.6 cm³/mol. The monoisotopic (exact) mass is 178 g/mol. The van der Waals surface area contributed by atoms with E-state index in [9.17, 15) is 9.18 Å². The molecule has 13 heavy (non-hydrogen) atoms. The number of rotatable bonds is 1. The molecular weight excluding hydrogens is 171 g/mol. The van der Waals surface area contributed by atoms with Crippen molar-refractivity contribution in [3.63, 3.8) is 0 Å². The van der Waals surface area contributed by atoms with Crippen LogP contribution in [0.5, 0.6) is 5.75 Å². The van der Waals surface area contributed by atoms with Crippen LogP contribution in [0.3, 0.4) is 0 Å². The molecule has 0 radical (unpaired) electrons. The number of aldehydes is 1. The molecule has 0 fully saturated rings. The highest BCUT2D eigenvalue weighted by Gasteiger charge is 1.95. The van der Waals surface area contributed by atoms with E-state index in [1.165, 1.54) is 12.1 Å². The number of carbonyl (C=O) groups is 1. The highest BCUT2D eigenvalue weighted by molar-refractivity contribution is 5.55. The van der Waals surface area contributed by atoms with E-state index in [4.69, 9.17) is 5.11 Å². The Labute approximate surface area is 75.0 Å². The van der Waals surface area contributed by atoms with E-state index in [-0.39, 0.29) is 12.2 Å². The van der Waals surface area contributed by atoms with E-state index in [0.717, 1.165) is 6.07 Å². The Morgan fingerprint density at radius 3 is 2.85 bits per heavy atom. The fourth-order valence-corrected chi connectivity index (χ4v) is 0.841. The number of aromatic hydroxyl groups is 1. The lowest BCUT2D eigenvalue weighted by Crippen LogP contribution is -1.79. The van der Waals surface area contributed by atoms with E-state index in [2.05, 4.69) is 11.8 Å². The van der Waals surface area contributed by atoms with Crippen LogP contribution < -0.4 is 0 Å². The number of phenolic OH excluding ortho intramolecular Hbond substituents is 1. The fraction of sp³-hybridized carbons (Fsp3) is 0.100. The minimum absolute atomic E-state index is 0.108. The summed E-state index contributed by atoms with van der Waals surface area (Å²) in [4.78, 5) is 9.90. The van der Waals surface area contributed by atoms with Gasteiger partial charge in [0.25, 0.3) is 0 Å². The van der Waals surface area contributed by atoms with Gasteiger partial charge in [0, 0.05) is 11.6 Å². The van der Waals surface area contributed by atoms with Crippen molar-refractivity contribution in [1.29, 1.82) is 0 Å². The van der Waals surface area contributed by atoms with Crippen LogP contribution in [0.2, 0.25) is 0 Å². The van der Waals surface area contributed by atoms with Gasteiger partial charge in [-0.1, -0.05) is 11.8 Å². The standard InChI is InChI=1S/C10H7FO2/c11-9-5-8(3-1-2-4-12)6-10(13)7-9/h4-7,13H,2H2. The summed E-state index contributed by atoms with van der Waals surface area (Å²) in [5.41, 5.74) is 0.361. The molecular formula is C10H7FO2. The first-order valence-electron chi connectivity index (χ1n) is 3.64. The second-order valence-electron chi connectivity index (χ2n) is 2.37. The third-order valence-electron chi connectivity index (χ3n) is 1.30. The van der Waals surface area contributed by atoms with E-state index in [1.54, 1.807) is 0 Å². The molecule has 0 heterocycles. The molecule has 0 saturated heterocycles. The normalized spacial score (nSPS) is 8.69. The van der Waals surface area contributed by atoms with Crippen molar-refractivity contribution in [2.75, 3.05) is 0 Å². The first-order chi connectivity index (χ1) is 6.22. The van der Waals surface area contributed by atoms with Crippen molar-refractivity contribution in [2.45, 2.75) is 6.42 Å². The Bertz CT molecular complexity index is 354. The zero-order valence-corrected chi connectivity index (χ0v) is 6.75. The Balaban J connectivity index is 2.90. The number of benzene rings is 1. The molecule has 1 N–H and O–H groups in total. The van der Waals surface area contributed by atoms with Gasteiger partial charge in [-0.2, -0.15) is 0 Å². The van der Waals surface area contributed by atoms with Crippen molar-refractivity contribution in [1.82, 2.24) is 0 Å². The summed E-state index contributed by atoms with van der Waals surface area (Å²) in [6.45, 7) is 0. The Kier molecular flexibility index (Phi) is 3.04. The number of hydrogen-bond donors (Lipinski definition) is 1. The molecule has 0 spiro atoms. The van der Waals surface area contributed by atoms with Crippen LogP contribution >= 0.6 is 0 Å². The van der Waals surface area contributed by atoms with Crippen LogP contribution in [0.1, 0.15) is 12.0 Å². The predicted octanol–water partition coefficient (Wildman–Crippen LogP) is 1.47. The third kappa shape index (κ3) is 2.96. The van der Waals surface area contributed by atoms with Crippen LogP contribution in [-0.4, -0.2) is 11.4 Å². The average Bonchev–Trinajstić information content (AvgIpc) is 2.03. The van der Waals surface area contributed by atoms with E-state index in [1.807, 2.05) is 0 Å². The molecule has 0 unspecified atom stereocenters. The lowest BCUT2D eigenvalue weighted by molar-refractivity contribution is -0.107. The van der Waals surface area contributed by atoms with E-state index < -0.39 is 5.82 Å². The number of halogens is 1. The summed E-state index contributed by atoms with van der Waals surface area (Å²) in [6.07, 6.45) is 0.767. The highest BCUT2D eigenvalue weighted by Crippen LogP contribution is 2.13. The molecule has 66 valence electrons. The van der Waals surface area contributed by atoms with Crippen LogP contribution in [-0.2, 0) is 4.79 Å². The average molecular weight is 178 g/mol. The Morgan fingerprint density at radius 2 is 2.23 bits per heavy atom. The Morgan fingerprint density at radius 1 is 1.46 bits per heavy atom. The molecule has 0 saturated carbocycles. The van der Waals surface area contributed by atoms with Crippen molar-refractivity contribution in [3.8, 4) is 17.6 Å². The van der Waals surface area contributed by atoms with Gasteiger partial charge in [-0.3, -0.25) is 0 Å². The van der Waals surface area contributed by atoms with Gasteiger partial charge in [-0.05, 0) is 12.1 Å². The van der Waals surface area contributed by atoms with Crippen LogP contribution in [0.4, 0.5) is 4.39 Å². The maximum absolute atomic E-state index is 12.6. The first-order valence-corrected chi connectivity index (χ1v) is 3.64. The van der Waals surface area contributed by atoms with Crippen LogP contribution in [0.15, 0.2) is 18.2 Å². The van der Waals surface area contributed by atoms with Gasteiger partial charge in [0.1, 0.15) is 17.9 Å². The quantitative estimate of drug-likeness (QED) is 0.522. The maximum atomic E-state index is 12.6. The smallest absolute Gasteiger partial charge is 0.131 e. The molecule has 3 heteroatoms. The second-order valence-corrected chi connectivity index (χ2v) is 2.37. The largest absolute Gasteiger partial charge is 0.508 e. The minimum Gasteiger partial charge on any atom is -0.508 e. The van der Waals surface area contributed by atoms with Gasteiger partial charge in [0.05, 0.1) is 6.42 Å². The first kappa shape index (κ1) is 9.27. The number of carbonyl (C=O) groups excluding carboxylic acids is 1. The van der Waals surface area contributed by atoms with Gasteiger partial charge in [-0.25, -0.2) is 4.39 Å². The third-order valence-corrected chi connectivity index (χ3v) is 1.30. The van der Waals surface area contributed by atoms with Gasteiger partial charge in [-0.15, -0.1) is 0 Å². The van der Waals surface area contributed by atoms with Crippen LogP contribution in [0, 0.1) is 17.7 Å². The SMILES string of the molecule is O=CCC#Cc1cc(O)cc(F)c1. The van der Waals surface area contributed by atoms with E-state index in [0.29, 0.717) is 11.8 Å². The molecule has 0 aromatic heterocycles. The molecule has 0 aliphatic carbocycles. The Hall–Kier alpha value is -1.82. The maximum Gasteiger partial charge on any atom is 0.131 e. The number of phenols is 1. The molecule has 1 rings (SSSR count). The molecule has 0 atom stereocenters. The molecule has 0 bridgehead atoms. The van der Waals surface area contributed by atoms with Gasteiger partial charge >= 0.3 is 0 Å². The molecule has 0 aliphatic heterocycles. The summed E-state index contributed by atoms with van der Waals surface area (Å²) >= 11 is 0. The minimum atomic E-state index is -0.546. The van der Waals surface area contributed by atoms with Crippen molar-refractivity contribution >= 4 is 6.29 Å². The zero-order valence-electron chi connectivity index (χ0n) is 6.75. The topological polar surface area (TPSA) is 37.3 Å². The molecule has 0 aliphatic rings. The highest BCUT2D eigenvalue weighted by atomic mass is 19.1. The van der Waals surface area contributed by atoms with Gasteiger partial charge in [0.2, 0.25) is 0 Å². The lowest BCUT2D eigenvalue weighted by Gasteiger charge is -1.93. The summed E-state index contributed by atoms with van der Waals surface area (Å²) in [5.74, 6) is 4.34. The fourth-order valence-electron chi connectivity index (χ4n) is 0.841. The summed E-state index contributed by atoms with van der Waals surface area (Å²) in [5, 5.41) is 8.97. The lowest BCUT2D eigenvalue weighted by atomic mass is 10.2. The van der Waals surface area contributed by atoms with Crippen molar-refractivity contribution in [3.05, 3.63) is 29.6 Å². The van der Waals surface area contributed by atoms with Crippen molar-refractivity contribution in [2.24, 2.45) is 0 Å². The van der Waals surface area contributed by atoms with E-state index >= 15 is 0 Å². The van der Waals surface area contributed by atoms with Gasteiger partial charge < -0.3 is 9.90 Å². The van der Waals surface area contributed by atoms with Crippen molar-refractivity contribution < 1.29 is 14.3 Å². The molecule has 1 aromatic rings. The molecule has 0 amide bonds.